The molecule has 14 heavy (non-hydrogen) atoms. The first-order valence-corrected chi connectivity index (χ1v) is 5.70. The summed E-state index contributed by atoms with van der Waals surface area (Å²) in [5.41, 5.74) is 0.0301. The zero-order valence-corrected chi connectivity index (χ0v) is 8.67. The first-order chi connectivity index (χ1) is 6.73. The lowest BCUT2D eigenvalue weighted by atomic mass is 9.91. The Morgan fingerprint density at radius 1 is 1.14 bits per heavy atom. The molecule has 1 aliphatic heterocycles. The minimum Gasteiger partial charge on any atom is -0.481 e. The van der Waals surface area contributed by atoms with Crippen molar-refractivity contribution < 1.29 is 9.90 Å². The molecule has 0 bridgehead atoms. The van der Waals surface area contributed by atoms with Crippen LogP contribution >= 0.6 is 0 Å². The SMILES string of the molecule is O=C(O)CC1(N2CCCC2)CCCC1. The van der Waals surface area contributed by atoms with E-state index in [0.717, 1.165) is 25.9 Å². The number of nitrogens with zero attached hydrogens (tertiary/aromatic N) is 1. The molecule has 0 aromatic carbocycles. The predicted octanol–water partition coefficient (Wildman–Crippen LogP) is 1.87. The van der Waals surface area contributed by atoms with E-state index in [2.05, 4.69) is 4.90 Å². The van der Waals surface area contributed by atoms with Crippen LogP contribution in [0.3, 0.4) is 0 Å². The van der Waals surface area contributed by atoms with Crippen molar-refractivity contribution in [2.75, 3.05) is 13.1 Å². The number of aliphatic carboxylic acids is 1. The summed E-state index contributed by atoms with van der Waals surface area (Å²) in [6.45, 7) is 2.24. The number of carboxylic acid groups (broad SMARTS) is 1. The van der Waals surface area contributed by atoms with Crippen LogP contribution < -0.4 is 0 Å². The van der Waals surface area contributed by atoms with E-state index in [4.69, 9.17) is 5.11 Å². The zero-order valence-electron chi connectivity index (χ0n) is 8.67. The van der Waals surface area contributed by atoms with Crippen LogP contribution in [0.5, 0.6) is 0 Å². The normalized spacial score (nSPS) is 26.9. The number of likely N-dealkylation sites (tertiary alicyclic amines) is 1. The van der Waals surface area contributed by atoms with Crippen molar-refractivity contribution in [1.29, 1.82) is 0 Å². The Morgan fingerprint density at radius 2 is 1.71 bits per heavy atom. The molecule has 1 saturated carbocycles. The van der Waals surface area contributed by atoms with E-state index in [1.165, 1.54) is 25.7 Å². The van der Waals surface area contributed by atoms with Crippen molar-refractivity contribution in [3.63, 3.8) is 0 Å². The summed E-state index contributed by atoms with van der Waals surface area (Å²) in [6.07, 6.45) is 7.47. The molecular formula is C11H19NO2. The summed E-state index contributed by atoms with van der Waals surface area (Å²) >= 11 is 0. The number of rotatable bonds is 3. The first kappa shape index (κ1) is 9.97. The third-order valence-corrected chi connectivity index (χ3v) is 3.79. The summed E-state index contributed by atoms with van der Waals surface area (Å²) < 4.78 is 0. The van der Waals surface area contributed by atoms with Crippen LogP contribution in [0.2, 0.25) is 0 Å². The van der Waals surface area contributed by atoms with Gasteiger partial charge in [-0.1, -0.05) is 12.8 Å². The Bertz CT molecular complexity index is 215. The summed E-state index contributed by atoms with van der Waals surface area (Å²) in [5, 5.41) is 8.97. The Morgan fingerprint density at radius 3 is 2.21 bits per heavy atom. The van der Waals surface area contributed by atoms with E-state index in [1.807, 2.05) is 0 Å². The number of hydrogen-bond acceptors (Lipinski definition) is 2. The summed E-state index contributed by atoms with van der Waals surface area (Å²) in [4.78, 5) is 13.3. The Labute approximate surface area is 85.1 Å². The van der Waals surface area contributed by atoms with Gasteiger partial charge >= 0.3 is 5.97 Å². The van der Waals surface area contributed by atoms with Gasteiger partial charge in [0.1, 0.15) is 0 Å². The molecule has 80 valence electrons. The minimum atomic E-state index is -0.626. The van der Waals surface area contributed by atoms with E-state index < -0.39 is 5.97 Å². The Kier molecular flexibility index (Phi) is 2.77. The molecule has 0 amide bonds. The molecule has 0 unspecified atom stereocenters. The van der Waals surface area contributed by atoms with Gasteiger partial charge in [-0.2, -0.15) is 0 Å². The maximum Gasteiger partial charge on any atom is 0.305 e. The third kappa shape index (κ3) is 1.78. The molecule has 2 rings (SSSR count). The molecule has 1 aliphatic carbocycles. The lowest BCUT2D eigenvalue weighted by molar-refractivity contribution is -0.140. The summed E-state index contributed by atoms with van der Waals surface area (Å²) in [6, 6.07) is 0. The van der Waals surface area contributed by atoms with Crippen LogP contribution in [0.1, 0.15) is 44.9 Å². The Balaban J connectivity index is 2.08. The molecule has 2 fully saturated rings. The second-order valence-electron chi connectivity index (χ2n) is 4.70. The fourth-order valence-corrected chi connectivity index (χ4v) is 3.11. The molecule has 0 spiro atoms. The van der Waals surface area contributed by atoms with Crippen LogP contribution in [0, 0.1) is 0 Å². The van der Waals surface area contributed by atoms with Crippen molar-refractivity contribution in [2.45, 2.75) is 50.5 Å². The highest BCUT2D eigenvalue weighted by Crippen LogP contribution is 2.39. The fourth-order valence-electron chi connectivity index (χ4n) is 3.11. The monoisotopic (exact) mass is 197 g/mol. The van der Waals surface area contributed by atoms with Gasteiger partial charge in [0.25, 0.3) is 0 Å². The van der Waals surface area contributed by atoms with Crippen molar-refractivity contribution in [1.82, 2.24) is 4.90 Å². The molecule has 0 aromatic rings. The van der Waals surface area contributed by atoms with Gasteiger partial charge in [-0.25, -0.2) is 0 Å². The highest BCUT2D eigenvalue weighted by atomic mass is 16.4. The molecule has 1 N–H and O–H groups in total. The maximum atomic E-state index is 10.9. The number of carbonyl (C=O) groups is 1. The van der Waals surface area contributed by atoms with E-state index in [-0.39, 0.29) is 5.54 Å². The van der Waals surface area contributed by atoms with Gasteiger partial charge in [0.15, 0.2) is 0 Å². The molecular weight excluding hydrogens is 178 g/mol. The molecule has 0 atom stereocenters. The molecule has 1 saturated heterocycles. The Hall–Kier alpha value is -0.570. The molecule has 0 aromatic heterocycles. The van der Waals surface area contributed by atoms with Crippen LogP contribution in [0.15, 0.2) is 0 Å². The van der Waals surface area contributed by atoms with Crippen LogP contribution in [-0.2, 0) is 4.79 Å². The van der Waals surface area contributed by atoms with E-state index in [0.29, 0.717) is 6.42 Å². The quantitative estimate of drug-likeness (QED) is 0.751. The van der Waals surface area contributed by atoms with Gasteiger partial charge in [-0.15, -0.1) is 0 Å². The highest BCUT2D eigenvalue weighted by molar-refractivity contribution is 5.68. The molecule has 0 radical (unpaired) electrons. The van der Waals surface area contributed by atoms with E-state index in [9.17, 15) is 4.79 Å². The average Bonchev–Trinajstić information content (AvgIpc) is 2.69. The summed E-state index contributed by atoms with van der Waals surface area (Å²) in [5.74, 6) is -0.626. The van der Waals surface area contributed by atoms with Gasteiger partial charge in [0.05, 0.1) is 6.42 Å². The largest absolute Gasteiger partial charge is 0.481 e. The van der Waals surface area contributed by atoms with Crippen molar-refractivity contribution in [3.8, 4) is 0 Å². The van der Waals surface area contributed by atoms with Crippen molar-refractivity contribution >= 4 is 5.97 Å². The van der Waals surface area contributed by atoms with Gasteiger partial charge < -0.3 is 5.11 Å². The van der Waals surface area contributed by atoms with Gasteiger partial charge in [-0.05, 0) is 38.8 Å². The standard InChI is InChI=1S/C11H19NO2/c13-10(14)9-11(5-1-2-6-11)12-7-3-4-8-12/h1-9H2,(H,13,14). The molecule has 3 heteroatoms. The van der Waals surface area contributed by atoms with Crippen molar-refractivity contribution in [3.05, 3.63) is 0 Å². The molecule has 3 nitrogen and oxygen atoms in total. The fraction of sp³-hybridized carbons (Fsp3) is 0.909. The smallest absolute Gasteiger partial charge is 0.305 e. The molecule has 2 aliphatic rings. The highest BCUT2D eigenvalue weighted by Gasteiger charge is 2.41. The molecule has 1 heterocycles. The zero-order chi connectivity index (χ0) is 10.0. The maximum absolute atomic E-state index is 10.9. The lowest BCUT2D eigenvalue weighted by Gasteiger charge is -2.37. The topological polar surface area (TPSA) is 40.5 Å². The van der Waals surface area contributed by atoms with Crippen LogP contribution in [0.25, 0.3) is 0 Å². The van der Waals surface area contributed by atoms with E-state index in [1.54, 1.807) is 0 Å². The van der Waals surface area contributed by atoms with Gasteiger partial charge in [0.2, 0.25) is 0 Å². The van der Waals surface area contributed by atoms with Crippen LogP contribution in [0.4, 0.5) is 0 Å². The minimum absolute atomic E-state index is 0.0301. The average molecular weight is 197 g/mol. The second-order valence-corrected chi connectivity index (χ2v) is 4.70. The second kappa shape index (κ2) is 3.89. The number of hydrogen-bond donors (Lipinski definition) is 1. The lowest BCUT2D eigenvalue weighted by Crippen LogP contribution is -2.46. The van der Waals surface area contributed by atoms with Gasteiger partial charge in [0, 0.05) is 5.54 Å². The van der Waals surface area contributed by atoms with Gasteiger partial charge in [-0.3, -0.25) is 9.69 Å². The van der Waals surface area contributed by atoms with Crippen molar-refractivity contribution in [2.24, 2.45) is 0 Å². The number of carboxylic acids is 1. The van der Waals surface area contributed by atoms with E-state index >= 15 is 0 Å². The van der Waals surface area contributed by atoms with Crippen LogP contribution in [-0.4, -0.2) is 34.6 Å². The third-order valence-electron chi connectivity index (χ3n) is 3.79. The summed E-state index contributed by atoms with van der Waals surface area (Å²) in [7, 11) is 0. The predicted molar refractivity (Wildman–Crippen MR) is 54.3 cm³/mol. The first-order valence-electron chi connectivity index (χ1n) is 5.70.